The lowest BCUT2D eigenvalue weighted by molar-refractivity contribution is -0.142. The third kappa shape index (κ3) is 8.28. The fourth-order valence-corrected chi connectivity index (χ4v) is 4.03. The van der Waals surface area contributed by atoms with E-state index in [1.54, 1.807) is 13.8 Å². The molecule has 0 fully saturated rings. The Balaban J connectivity index is 1.77. The predicted octanol–water partition coefficient (Wildman–Crippen LogP) is 3.65. The number of nitrogens with one attached hydrogen (secondary N) is 1. The summed E-state index contributed by atoms with van der Waals surface area (Å²) in [5.41, 5.74) is 0.283. The summed E-state index contributed by atoms with van der Waals surface area (Å²) in [7, 11) is -3.44. The Labute approximate surface area is 189 Å². The number of benzene rings is 2. The van der Waals surface area contributed by atoms with E-state index in [1.807, 2.05) is 42.5 Å². The zero-order valence-corrected chi connectivity index (χ0v) is 19.5. The molecule has 0 radical (unpaired) electrons. The lowest BCUT2D eigenvalue weighted by atomic mass is 10.1. The molecule has 8 heteroatoms. The van der Waals surface area contributed by atoms with Gasteiger partial charge in [0.05, 0.1) is 11.8 Å². The Hall–Kier alpha value is -2.97. The van der Waals surface area contributed by atoms with E-state index in [0.29, 0.717) is 0 Å². The molecule has 0 aliphatic carbocycles. The highest BCUT2D eigenvalue weighted by molar-refractivity contribution is 7.88. The van der Waals surface area contributed by atoms with E-state index in [4.69, 9.17) is 9.47 Å². The average Bonchev–Trinajstić information content (AvgIpc) is 2.72. The number of carbonyl (C=O) groups is 2. The van der Waals surface area contributed by atoms with E-state index in [9.17, 15) is 18.0 Å². The molecule has 2 rings (SSSR count). The molecule has 2 aromatic rings. The van der Waals surface area contributed by atoms with E-state index in [2.05, 4.69) is 17.9 Å². The fraction of sp³-hybridized carbons (Fsp3) is 0.333. The van der Waals surface area contributed by atoms with Crippen molar-refractivity contribution in [2.45, 2.75) is 38.8 Å². The number of esters is 2. The maximum Gasteiger partial charge on any atom is 0.333 e. The van der Waals surface area contributed by atoms with Gasteiger partial charge in [-0.15, -0.1) is 0 Å². The molecular weight excluding hydrogens is 430 g/mol. The number of fused-ring (bicyclic) bond motifs is 1. The fourth-order valence-electron chi connectivity index (χ4n) is 2.96. The van der Waals surface area contributed by atoms with Crippen LogP contribution in [-0.4, -0.2) is 38.8 Å². The van der Waals surface area contributed by atoms with Crippen molar-refractivity contribution in [2.75, 3.05) is 12.9 Å². The van der Waals surface area contributed by atoms with E-state index in [0.717, 1.165) is 22.6 Å². The summed E-state index contributed by atoms with van der Waals surface area (Å²) in [6, 6.07) is 13.7. The van der Waals surface area contributed by atoms with Crippen LogP contribution in [0.3, 0.4) is 0 Å². The minimum Gasteiger partial charge on any atom is -0.460 e. The Morgan fingerprint density at radius 2 is 1.50 bits per heavy atom. The van der Waals surface area contributed by atoms with Crippen LogP contribution in [-0.2, 0) is 35.7 Å². The molecule has 0 saturated carbocycles. The van der Waals surface area contributed by atoms with Gasteiger partial charge in [-0.3, -0.25) is 0 Å². The Morgan fingerprint density at radius 3 is 2.09 bits per heavy atom. The van der Waals surface area contributed by atoms with Crippen LogP contribution in [0.5, 0.6) is 0 Å². The van der Waals surface area contributed by atoms with Gasteiger partial charge in [0.2, 0.25) is 10.0 Å². The zero-order valence-electron chi connectivity index (χ0n) is 18.6. The minimum absolute atomic E-state index is 0.119. The molecule has 0 saturated heterocycles. The average molecular weight is 460 g/mol. The van der Waals surface area contributed by atoms with E-state index in [-0.39, 0.29) is 37.2 Å². The molecule has 0 atom stereocenters. The van der Waals surface area contributed by atoms with Crippen molar-refractivity contribution in [1.82, 2.24) is 4.72 Å². The van der Waals surface area contributed by atoms with Crippen LogP contribution in [0.2, 0.25) is 0 Å². The van der Waals surface area contributed by atoms with Gasteiger partial charge in [0, 0.05) is 11.1 Å². The molecule has 0 aromatic heterocycles. The number of hydrogen-bond acceptors (Lipinski definition) is 6. The third-order valence-corrected chi connectivity index (χ3v) is 5.44. The zero-order chi connectivity index (χ0) is 23.9. The summed E-state index contributed by atoms with van der Waals surface area (Å²) in [5, 5.41) is 2.16. The highest BCUT2D eigenvalue weighted by atomic mass is 32.2. The van der Waals surface area contributed by atoms with Crippen molar-refractivity contribution >= 4 is 32.7 Å². The second-order valence-corrected chi connectivity index (χ2v) is 10.0. The van der Waals surface area contributed by atoms with Crippen molar-refractivity contribution in [2.24, 2.45) is 0 Å². The van der Waals surface area contributed by atoms with Gasteiger partial charge in [-0.2, -0.15) is 0 Å². The van der Waals surface area contributed by atoms with Gasteiger partial charge in [-0.1, -0.05) is 49.6 Å². The molecule has 0 bridgehead atoms. The molecule has 0 heterocycles. The lowest BCUT2D eigenvalue weighted by Crippen LogP contribution is -2.46. The summed E-state index contributed by atoms with van der Waals surface area (Å²) >= 11 is 0. The molecule has 32 heavy (non-hydrogen) atoms. The van der Waals surface area contributed by atoms with Gasteiger partial charge in [0.25, 0.3) is 0 Å². The first-order valence-corrected chi connectivity index (χ1v) is 11.9. The number of carbonyl (C=O) groups excluding carboxylic acids is 2. The predicted molar refractivity (Wildman–Crippen MR) is 124 cm³/mol. The molecular formula is C24H29NO6S. The number of rotatable bonds is 11. The molecule has 2 aromatic carbocycles. The smallest absolute Gasteiger partial charge is 0.333 e. The van der Waals surface area contributed by atoms with E-state index < -0.39 is 27.5 Å². The van der Waals surface area contributed by atoms with Crippen LogP contribution in [0.4, 0.5) is 0 Å². The summed E-state index contributed by atoms with van der Waals surface area (Å²) in [6.07, 6.45) is 1.39. The molecule has 0 amide bonds. The number of ether oxygens (including phenoxy) is 2. The van der Waals surface area contributed by atoms with Crippen molar-refractivity contribution in [3.8, 4) is 0 Å². The van der Waals surface area contributed by atoms with Crippen molar-refractivity contribution < 1.29 is 27.5 Å². The van der Waals surface area contributed by atoms with Crippen molar-refractivity contribution in [1.29, 1.82) is 0 Å². The van der Waals surface area contributed by atoms with Crippen LogP contribution in [0, 0.1) is 0 Å². The Kier molecular flexibility index (Phi) is 8.35. The second kappa shape index (κ2) is 10.6. The Bertz CT molecular complexity index is 1130. The second-order valence-electron chi connectivity index (χ2n) is 8.30. The molecule has 172 valence electrons. The first-order valence-electron chi connectivity index (χ1n) is 10.0. The standard InChI is InChI=1S/C24H29NO6S/c1-17(10-11-18(2)23(27)31-16-24(3,4)25-32(5,28)29)22(26)30-15-19-12-13-20-8-6-7-9-21(20)14-19/h6-9,12-14,25H,1-2,10-11,15-16H2,3-5H3. The molecule has 0 aliphatic heterocycles. The van der Waals surface area contributed by atoms with Gasteiger partial charge in [-0.25, -0.2) is 22.7 Å². The van der Waals surface area contributed by atoms with Crippen molar-refractivity contribution in [3.05, 3.63) is 72.3 Å². The van der Waals surface area contributed by atoms with Gasteiger partial charge < -0.3 is 9.47 Å². The Morgan fingerprint density at radius 1 is 0.938 bits per heavy atom. The van der Waals surface area contributed by atoms with Crippen LogP contribution >= 0.6 is 0 Å². The van der Waals surface area contributed by atoms with Crippen LogP contribution in [0.1, 0.15) is 32.3 Å². The molecule has 0 spiro atoms. The largest absolute Gasteiger partial charge is 0.460 e. The van der Waals surface area contributed by atoms with Gasteiger partial charge in [0.1, 0.15) is 13.2 Å². The van der Waals surface area contributed by atoms with E-state index in [1.165, 1.54) is 0 Å². The summed E-state index contributed by atoms with van der Waals surface area (Å²) in [6.45, 7) is 10.6. The normalized spacial score (nSPS) is 11.7. The van der Waals surface area contributed by atoms with Gasteiger partial charge in [0.15, 0.2) is 0 Å². The van der Waals surface area contributed by atoms with E-state index >= 15 is 0 Å². The number of hydrogen-bond donors (Lipinski definition) is 1. The molecule has 0 aliphatic rings. The summed E-state index contributed by atoms with van der Waals surface area (Å²) < 4.78 is 35.5. The van der Waals surface area contributed by atoms with Gasteiger partial charge >= 0.3 is 11.9 Å². The lowest BCUT2D eigenvalue weighted by Gasteiger charge is -2.24. The highest BCUT2D eigenvalue weighted by Crippen LogP contribution is 2.18. The quantitative estimate of drug-likeness (QED) is 0.407. The maximum absolute atomic E-state index is 12.2. The van der Waals surface area contributed by atoms with Crippen LogP contribution in [0.15, 0.2) is 66.8 Å². The maximum atomic E-state index is 12.2. The minimum atomic E-state index is -3.44. The third-order valence-electron chi connectivity index (χ3n) is 4.52. The van der Waals surface area contributed by atoms with Gasteiger partial charge in [-0.05, 0) is 49.1 Å². The molecule has 0 unspecified atom stereocenters. The van der Waals surface area contributed by atoms with Crippen LogP contribution in [0.25, 0.3) is 10.8 Å². The first kappa shape index (κ1) is 25.3. The van der Waals surface area contributed by atoms with Crippen LogP contribution < -0.4 is 4.72 Å². The SMILES string of the molecule is C=C(CCC(=C)C(=O)OCC(C)(C)NS(C)(=O)=O)C(=O)OCc1ccc2ccccc2c1. The molecule has 1 N–H and O–H groups in total. The molecule has 7 nitrogen and oxygen atoms in total. The van der Waals surface area contributed by atoms with Crippen molar-refractivity contribution in [3.63, 3.8) is 0 Å². The summed E-state index contributed by atoms with van der Waals surface area (Å²) in [4.78, 5) is 24.3. The highest BCUT2D eigenvalue weighted by Gasteiger charge is 2.24. The number of sulfonamides is 1. The topological polar surface area (TPSA) is 98.8 Å². The monoisotopic (exact) mass is 459 g/mol. The summed E-state index contributed by atoms with van der Waals surface area (Å²) in [5.74, 6) is -1.21. The first-order chi connectivity index (χ1) is 14.9.